The summed E-state index contributed by atoms with van der Waals surface area (Å²) in [6, 6.07) is 0. The topological polar surface area (TPSA) is 20.2 Å². The largest absolute Gasteiger partial charge is 0.392 e. The van der Waals surface area contributed by atoms with E-state index >= 15 is 0 Å². The number of hydrogen-bond acceptors (Lipinski definition) is 1. The molecule has 82 valence electrons. The molecule has 0 radical (unpaired) electrons. The average molecular weight is 196 g/mol. The molecule has 0 aromatic carbocycles. The Morgan fingerprint density at radius 2 is 1.79 bits per heavy atom. The number of aliphatic hydroxyl groups excluding tert-OH is 1. The van der Waals surface area contributed by atoms with Crippen molar-refractivity contribution in [1.29, 1.82) is 0 Å². The lowest BCUT2D eigenvalue weighted by atomic mass is 10.0. The summed E-state index contributed by atoms with van der Waals surface area (Å²) >= 11 is 0. The number of aliphatic hydroxyl groups is 1. The van der Waals surface area contributed by atoms with Crippen molar-refractivity contribution in [3.63, 3.8) is 0 Å². The fourth-order valence-corrected chi connectivity index (χ4v) is 1.48. The van der Waals surface area contributed by atoms with Gasteiger partial charge in [-0.3, -0.25) is 0 Å². The van der Waals surface area contributed by atoms with Crippen molar-refractivity contribution in [2.24, 2.45) is 0 Å². The number of allylic oxidation sites excluding steroid dienone is 3. The molecule has 0 spiro atoms. The first-order valence-corrected chi connectivity index (χ1v) is 5.53. The summed E-state index contributed by atoms with van der Waals surface area (Å²) in [6.07, 6.45) is 6.60. The third kappa shape index (κ3) is 5.98. The van der Waals surface area contributed by atoms with Crippen molar-refractivity contribution in [1.82, 2.24) is 0 Å². The molecular weight excluding hydrogens is 172 g/mol. The van der Waals surface area contributed by atoms with Crippen LogP contribution < -0.4 is 0 Å². The van der Waals surface area contributed by atoms with Crippen LogP contribution in [0.5, 0.6) is 0 Å². The van der Waals surface area contributed by atoms with Gasteiger partial charge in [0.1, 0.15) is 0 Å². The summed E-state index contributed by atoms with van der Waals surface area (Å²) in [5.41, 5.74) is 3.97. The van der Waals surface area contributed by atoms with Gasteiger partial charge >= 0.3 is 0 Å². The van der Waals surface area contributed by atoms with Crippen LogP contribution in [-0.2, 0) is 0 Å². The maximum Gasteiger partial charge on any atom is 0.0644 e. The Morgan fingerprint density at radius 1 is 1.14 bits per heavy atom. The Labute approximate surface area is 88.5 Å². The van der Waals surface area contributed by atoms with Gasteiger partial charge in [-0.1, -0.05) is 30.6 Å². The highest BCUT2D eigenvalue weighted by molar-refractivity contribution is 5.13. The predicted octanol–water partition coefficient (Wildman–Crippen LogP) is 3.84. The van der Waals surface area contributed by atoms with E-state index in [-0.39, 0.29) is 6.61 Å². The second-order valence-corrected chi connectivity index (χ2v) is 4.11. The van der Waals surface area contributed by atoms with E-state index in [4.69, 9.17) is 5.11 Å². The van der Waals surface area contributed by atoms with Gasteiger partial charge in [-0.2, -0.15) is 0 Å². The van der Waals surface area contributed by atoms with Crippen molar-refractivity contribution in [2.75, 3.05) is 6.61 Å². The minimum atomic E-state index is 0.231. The molecule has 0 aliphatic heterocycles. The monoisotopic (exact) mass is 196 g/mol. The summed E-state index contributed by atoms with van der Waals surface area (Å²) in [5.74, 6) is 0. The second-order valence-electron chi connectivity index (χ2n) is 4.11. The Bertz CT molecular complexity index is 207. The van der Waals surface area contributed by atoms with Gasteiger partial charge in [0.15, 0.2) is 0 Å². The van der Waals surface area contributed by atoms with Crippen LogP contribution in [0.3, 0.4) is 0 Å². The third-order valence-electron chi connectivity index (χ3n) is 2.42. The van der Waals surface area contributed by atoms with Gasteiger partial charge in [-0.25, -0.2) is 0 Å². The SMILES string of the molecule is CCC/C(CO)=C(/C)CCC=C(C)C. The Morgan fingerprint density at radius 3 is 2.21 bits per heavy atom. The fourth-order valence-electron chi connectivity index (χ4n) is 1.48. The van der Waals surface area contributed by atoms with Gasteiger partial charge in [0, 0.05) is 0 Å². The number of rotatable bonds is 6. The zero-order valence-electron chi connectivity index (χ0n) is 10.1. The van der Waals surface area contributed by atoms with E-state index in [0.29, 0.717) is 0 Å². The average Bonchev–Trinajstić information content (AvgIpc) is 2.13. The zero-order valence-corrected chi connectivity index (χ0v) is 10.1. The molecule has 1 heteroatoms. The molecular formula is C13H24O. The van der Waals surface area contributed by atoms with Crippen molar-refractivity contribution in [2.45, 2.75) is 53.4 Å². The van der Waals surface area contributed by atoms with E-state index in [2.05, 4.69) is 33.8 Å². The smallest absolute Gasteiger partial charge is 0.0644 e. The molecule has 0 unspecified atom stereocenters. The van der Waals surface area contributed by atoms with Gasteiger partial charge in [-0.05, 0) is 45.6 Å². The van der Waals surface area contributed by atoms with Crippen LogP contribution in [0.15, 0.2) is 22.8 Å². The Balaban J connectivity index is 4.12. The van der Waals surface area contributed by atoms with Crippen molar-refractivity contribution >= 4 is 0 Å². The molecule has 0 bridgehead atoms. The van der Waals surface area contributed by atoms with E-state index in [1.807, 2.05) is 0 Å². The highest BCUT2D eigenvalue weighted by atomic mass is 16.3. The van der Waals surface area contributed by atoms with Crippen LogP contribution in [0.4, 0.5) is 0 Å². The van der Waals surface area contributed by atoms with Gasteiger partial charge in [0.25, 0.3) is 0 Å². The predicted molar refractivity (Wildman–Crippen MR) is 63.4 cm³/mol. The highest BCUT2D eigenvalue weighted by Gasteiger charge is 1.99. The molecule has 1 N–H and O–H groups in total. The third-order valence-corrected chi connectivity index (χ3v) is 2.42. The molecule has 0 aliphatic rings. The number of hydrogen-bond donors (Lipinski definition) is 1. The molecule has 0 amide bonds. The van der Waals surface area contributed by atoms with Gasteiger partial charge in [0.05, 0.1) is 6.61 Å². The summed E-state index contributed by atoms with van der Waals surface area (Å²) in [4.78, 5) is 0. The first-order chi connectivity index (χ1) is 6.61. The zero-order chi connectivity index (χ0) is 11.0. The van der Waals surface area contributed by atoms with Crippen LogP contribution in [0.2, 0.25) is 0 Å². The molecule has 0 aromatic rings. The Hall–Kier alpha value is -0.560. The summed E-state index contributed by atoms with van der Waals surface area (Å²) in [5, 5.41) is 9.16. The molecule has 1 nitrogen and oxygen atoms in total. The molecule has 0 aromatic heterocycles. The van der Waals surface area contributed by atoms with Crippen LogP contribution in [0.25, 0.3) is 0 Å². The lowest BCUT2D eigenvalue weighted by molar-refractivity contribution is 0.324. The van der Waals surface area contributed by atoms with E-state index in [0.717, 1.165) is 25.7 Å². The van der Waals surface area contributed by atoms with E-state index in [1.165, 1.54) is 16.7 Å². The van der Waals surface area contributed by atoms with Crippen LogP contribution in [-0.4, -0.2) is 11.7 Å². The Kier molecular flexibility index (Phi) is 7.50. The first kappa shape index (κ1) is 13.4. The highest BCUT2D eigenvalue weighted by Crippen LogP contribution is 2.15. The maximum atomic E-state index is 9.16. The maximum absolute atomic E-state index is 9.16. The van der Waals surface area contributed by atoms with E-state index < -0.39 is 0 Å². The van der Waals surface area contributed by atoms with Crippen LogP contribution in [0.1, 0.15) is 53.4 Å². The minimum Gasteiger partial charge on any atom is -0.392 e. The van der Waals surface area contributed by atoms with Crippen LogP contribution >= 0.6 is 0 Å². The van der Waals surface area contributed by atoms with Crippen molar-refractivity contribution in [3.05, 3.63) is 22.8 Å². The summed E-state index contributed by atoms with van der Waals surface area (Å²) in [6.45, 7) is 8.77. The lowest BCUT2D eigenvalue weighted by Crippen LogP contribution is -1.95. The van der Waals surface area contributed by atoms with E-state index in [9.17, 15) is 0 Å². The standard InChI is InChI=1S/C13H24O/c1-5-7-13(10-14)12(4)9-6-8-11(2)3/h8,14H,5-7,9-10H2,1-4H3/b13-12+. The first-order valence-electron chi connectivity index (χ1n) is 5.53. The molecule has 0 saturated heterocycles. The van der Waals surface area contributed by atoms with Gasteiger partial charge < -0.3 is 5.11 Å². The van der Waals surface area contributed by atoms with Gasteiger partial charge in [-0.15, -0.1) is 0 Å². The molecule has 0 aliphatic carbocycles. The van der Waals surface area contributed by atoms with Crippen LogP contribution in [0, 0.1) is 0 Å². The summed E-state index contributed by atoms with van der Waals surface area (Å²) < 4.78 is 0. The van der Waals surface area contributed by atoms with Crippen molar-refractivity contribution < 1.29 is 5.11 Å². The fraction of sp³-hybridized carbons (Fsp3) is 0.692. The quantitative estimate of drug-likeness (QED) is 0.640. The van der Waals surface area contributed by atoms with E-state index in [1.54, 1.807) is 0 Å². The van der Waals surface area contributed by atoms with Gasteiger partial charge in [0.2, 0.25) is 0 Å². The summed E-state index contributed by atoms with van der Waals surface area (Å²) in [7, 11) is 0. The lowest BCUT2D eigenvalue weighted by Gasteiger charge is -2.07. The van der Waals surface area contributed by atoms with Crippen molar-refractivity contribution in [3.8, 4) is 0 Å². The normalized spacial score (nSPS) is 12.4. The molecule has 0 saturated carbocycles. The molecule has 0 atom stereocenters. The minimum absolute atomic E-state index is 0.231. The molecule has 14 heavy (non-hydrogen) atoms. The molecule has 0 fully saturated rings. The molecule has 0 heterocycles. The molecule has 0 rings (SSSR count). The second kappa shape index (κ2) is 7.81.